The first-order valence-electron chi connectivity index (χ1n) is 5.47. The summed E-state index contributed by atoms with van der Waals surface area (Å²) in [4.78, 5) is 21.6. The van der Waals surface area contributed by atoms with E-state index in [0.29, 0.717) is 18.4 Å². The Morgan fingerprint density at radius 2 is 2.35 bits per heavy atom. The van der Waals surface area contributed by atoms with Crippen LogP contribution in [0.25, 0.3) is 0 Å². The van der Waals surface area contributed by atoms with Crippen LogP contribution in [0, 0.1) is 0 Å². The van der Waals surface area contributed by atoms with Gasteiger partial charge in [0.05, 0.1) is 7.11 Å². The minimum atomic E-state index is -0.368. The summed E-state index contributed by atoms with van der Waals surface area (Å²) >= 11 is 0. The lowest BCUT2D eigenvalue weighted by Gasteiger charge is -2.20. The number of rotatable bonds is 5. The highest BCUT2D eigenvalue weighted by atomic mass is 16.5. The highest BCUT2D eigenvalue weighted by molar-refractivity contribution is 5.83. The molecule has 0 aliphatic heterocycles. The van der Waals surface area contributed by atoms with Crippen molar-refractivity contribution in [3.63, 3.8) is 0 Å². The molecular formula is C11H18N4O2. The van der Waals surface area contributed by atoms with Crippen molar-refractivity contribution >= 4 is 11.9 Å². The lowest BCUT2D eigenvalue weighted by Crippen LogP contribution is -2.39. The van der Waals surface area contributed by atoms with Gasteiger partial charge >= 0.3 is 0 Å². The molecule has 1 heterocycles. The van der Waals surface area contributed by atoms with Crippen LogP contribution in [-0.2, 0) is 4.79 Å². The summed E-state index contributed by atoms with van der Waals surface area (Å²) in [5, 5.41) is 2.94. The van der Waals surface area contributed by atoms with E-state index in [1.54, 1.807) is 31.1 Å². The number of nitrogens with zero attached hydrogens (tertiary/aromatic N) is 3. The van der Waals surface area contributed by atoms with Gasteiger partial charge in [-0.15, -0.1) is 0 Å². The topological polar surface area (TPSA) is 67.4 Å². The molecule has 1 atom stereocenters. The van der Waals surface area contributed by atoms with Crippen molar-refractivity contribution in [1.82, 2.24) is 14.9 Å². The molecule has 94 valence electrons. The molecule has 0 spiro atoms. The molecule has 1 unspecified atom stereocenters. The van der Waals surface area contributed by atoms with Crippen LogP contribution in [0.5, 0.6) is 5.88 Å². The summed E-state index contributed by atoms with van der Waals surface area (Å²) < 4.78 is 4.98. The number of aromatic nitrogens is 2. The van der Waals surface area contributed by atoms with Gasteiger partial charge in [-0.1, -0.05) is 0 Å². The predicted octanol–water partition coefficient (Wildman–Crippen LogP) is 0.764. The average Bonchev–Trinajstić information content (AvgIpc) is 2.37. The standard InChI is InChI=1S/C11H18N4O2/c1-5-15(3)10(16)8(2)13-11-12-7-6-9(14-11)17-4/h6-8H,5H2,1-4H3,(H,12,13,14). The van der Waals surface area contributed by atoms with Crippen molar-refractivity contribution in [2.24, 2.45) is 0 Å². The Hall–Kier alpha value is -1.85. The van der Waals surface area contributed by atoms with E-state index in [1.807, 2.05) is 6.92 Å². The highest BCUT2D eigenvalue weighted by Crippen LogP contribution is 2.08. The number of anilines is 1. The monoisotopic (exact) mass is 238 g/mol. The fourth-order valence-corrected chi connectivity index (χ4v) is 1.27. The van der Waals surface area contributed by atoms with Crippen LogP contribution in [0.2, 0.25) is 0 Å². The molecule has 17 heavy (non-hydrogen) atoms. The molecule has 0 radical (unpaired) electrons. The smallest absolute Gasteiger partial charge is 0.244 e. The van der Waals surface area contributed by atoms with Crippen molar-refractivity contribution in [3.8, 4) is 5.88 Å². The van der Waals surface area contributed by atoms with Crippen molar-refractivity contribution in [2.45, 2.75) is 19.9 Å². The summed E-state index contributed by atoms with van der Waals surface area (Å²) in [5.74, 6) is 0.847. The largest absolute Gasteiger partial charge is 0.481 e. The summed E-state index contributed by atoms with van der Waals surface area (Å²) in [6.45, 7) is 4.37. The van der Waals surface area contributed by atoms with Gasteiger partial charge in [-0.2, -0.15) is 4.98 Å². The van der Waals surface area contributed by atoms with E-state index in [9.17, 15) is 4.79 Å². The number of nitrogens with one attached hydrogen (secondary N) is 1. The zero-order valence-electron chi connectivity index (χ0n) is 10.6. The summed E-state index contributed by atoms with van der Waals surface area (Å²) in [6, 6.07) is 1.28. The molecule has 1 aromatic rings. The van der Waals surface area contributed by atoms with E-state index >= 15 is 0 Å². The van der Waals surface area contributed by atoms with Gasteiger partial charge in [0, 0.05) is 25.9 Å². The maximum Gasteiger partial charge on any atom is 0.244 e. The molecule has 0 aromatic carbocycles. The minimum Gasteiger partial charge on any atom is -0.481 e. The number of amides is 1. The van der Waals surface area contributed by atoms with Gasteiger partial charge in [-0.3, -0.25) is 4.79 Å². The molecule has 0 saturated carbocycles. The number of ether oxygens (including phenoxy) is 1. The van der Waals surface area contributed by atoms with Crippen molar-refractivity contribution in [1.29, 1.82) is 0 Å². The van der Waals surface area contributed by atoms with Crippen molar-refractivity contribution in [3.05, 3.63) is 12.3 Å². The lowest BCUT2D eigenvalue weighted by atomic mass is 10.3. The fourth-order valence-electron chi connectivity index (χ4n) is 1.27. The van der Waals surface area contributed by atoms with Gasteiger partial charge < -0.3 is 15.0 Å². The molecule has 1 aromatic heterocycles. The third-order valence-corrected chi connectivity index (χ3v) is 2.41. The molecule has 0 aliphatic rings. The molecule has 0 fully saturated rings. The Morgan fingerprint density at radius 1 is 1.65 bits per heavy atom. The SMILES string of the molecule is CCN(C)C(=O)C(C)Nc1nccc(OC)n1. The summed E-state index contributed by atoms with van der Waals surface area (Å²) in [7, 11) is 3.29. The fraction of sp³-hybridized carbons (Fsp3) is 0.545. The zero-order chi connectivity index (χ0) is 12.8. The first kappa shape index (κ1) is 13.2. The third-order valence-electron chi connectivity index (χ3n) is 2.41. The van der Waals surface area contributed by atoms with Crippen LogP contribution >= 0.6 is 0 Å². The molecule has 6 nitrogen and oxygen atoms in total. The van der Waals surface area contributed by atoms with Gasteiger partial charge in [-0.25, -0.2) is 4.98 Å². The second kappa shape index (κ2) is 6.03. The molecule has 0 aliphatic carbocycles. The normalized spacial score (nSPS) is 11.8. The minimum absolute atomic E-state index is 0.00100. The zero-order valence-corrected chi connectivity index (χ0v) is 10.6. The Morgan fingerprint density at radius 3 is 2.94 bits per heavy atom. The number of carbonyl (C=O) groups is 1. The number of hydrogen-bond donors (Lipinski definition) is 1. The van der Waals surface area contributed by atoms with Crippen LogP contribution in [0.1, 0.15) is 13.8 Å². The van der Waals surface area contributed by atoms with Crippen LogP contribution in [-0.4, -0.2) is 47.5 Å². The maximum atomic E-state index is 11.8. The Balaban J connectivity index is 2.67. The molecule has 0 bridgehead atoms. The van der Waals surface area contributed by atoms with Gasteiger partial charge in [0.15, 0.2) is 0 Å². The average molecular weight is 238 g/mol. The van der Waals surface area contributed by atoms with E-state index in [2.05, 4.69) is 15.3 Å². The van der Waals surface area contributed by atoms with Gasteiger partial charge in [0.2, 0.25) is 17.7 Å². The third kappa shape index (κ3) is 3.58. The van der Waals surface area contributed by atoms with Crippen molar-refractivity contribution < 1.29 is 9.53 Å². The first-order chi connectivity index (χ1) is 8.08. The Labute approximate surface area is 101 Å². The second-order valence-electron chi connectivity index (χ2n) is 3.64. The summed E-state index contributed by atoms with van der Waals surface area (Å²) in [6.07, 6.45) is 1.58. The van der Waals surface area contributed by atoms with Crippen LogP contribution < -0.4 is 10.1 Å². The number of likely N-dealkylation sites (N-methyl/N-ethyl adjacent to an activating group) is 1. The van der Waals surface area contributed by atoms with Crippen LogP contribution in [0.4, 0.5) is 5.95 Å². The second-order valence-corrected chi connectivity index (χ2v) is 3.64. The highest BCUT2D eigenvalue weighted by Gasteiger charge is 2.16. The van der Waals surface area contributed by atoms with E-state index in [4.69, 9.17) is 4.74 Å². The quantitative estimate of drug-likeness (QED) is 0.820. The number of hydrogen-bond acceptors (Lipinski definition) is 5. The molecular weight excluding hydrogens is 220 g/mol. The maximum absolute atomic E-state index is 11.8. The summed E-state index contributed by atoms with van der Waals surface area (Å²) in [5.41, 5.74) is 0. The van der Waals surface area contributed by atoms with Gasteiger partial charge in [0.1, 0.15) is 6.04 Å². The van der Waals surface area contributed by atoms with Crippen LogP contribution in [0.15, 0.2) is 12.3 Å². The number of methoxy groups -OCH3 is 1. The van der Waals surface area contributed by atoms with E-state index in [1.165, 1.54) is 7.11 Å². The van der Waals surface area contributed by atoms with Gasteiger partial charge in [0.25, 0.3) is 0 Å². The molecule has 1 rings (SSSR count). The molecule has 1 amide bonds. The van der Waals surface area contributed by atoms with Gasteiger partial charge in [-0.05, 0) is 13.8 Å². The molecule has 0 saturated heterocycles. The molecule has 1 N–H and O–H groups in total. The lowest BCUT2D eigenvalue weighted by molar-refractivity contribution is -0.130. The van der Waals surface area contributed by atoms with E-state index in [0.717, 1.165) is 0 Å². The van der Waals surface area contributed by atoms with Crippen LogP contribution in [0.3, 0.4) is 0 Å². The Bertz CT molecular complexity index is 383. The molecule has 6 heteroatoms. The Kier molecular flexibility index (Phi) is 4.68. The van der Waals surface area contributed by atoms with E-state index in [-0.39, 0.29) is 11.9 Å². The van der Waals surface area contributed by atoms with Crippen molar-refractivity contribution in [2.75, 3.05) is 26.0 Å². The number of carbonyl (C=O) groups excluding carboxylic acids is 1. The predicted molar refractivity (Wildman–Crippen MR) is 65.0 cm³/mol. The van der Waals surface area contributed by atoms with E-state index < -0.39 is 0 Å². The first-order valence-corrected chi connectivity index (χ1v) is 5.47.